The van der Waals surface area contributed by atoms with Gasteiger partial charge in [0, 0.05) is 24.7 Å². The minimum atomic E-state index is -0.763. The number of rotatable bonds is 5. The maximum Gasteiger partial charge on any atom is 0.303 e. The van der Waals surface area contributed by atoms with Gasteiger partial charge in [0.25, 0.3) is 0 Å². The first kappa shape index (κ1) is 11.4. The van der Waals surface area contributed by atoms with Crippen molar-refractivity contribution in [1.82, 2.24) is 9.78 Å². The molecule has 0 amide bonds. The predicted molar refractivity (Wildman–Crippen MR) is 64.5 cm³/mol. The zero-order valence-electron chi connectivity index (χ0n) is 9.41. The Bertz CT molecular complexity index is 491. The van der Waals surface area contributed by atoms with E-state index in [0.29, 0.717) is 13.0 Å². The van der Waals surface area contributed by atoms with Crippen LogP contribution in [0.1, 0.15) is 12.8 Å². The van der Waals surface area contributed by atoms with Crippen molar-refractivity contribution in [2.75, 3.05) is 0 Å². The van der Waals surface area contributed by atoms with Crippen LogP contribution in [0.4, 0.5) is 0 Å². The lowest BCUT2D eigenvalue weighted by molar-refractivity contribution is -0.137. The van der Waals surface area contributed by atoms with Crippen molar-refractivity contribution in [3.63, 3.8) is 0 Å². The van der Waals surface area contributed by atoms with E-state index in [-0.39, 0.29) is 6.42 Å². The van der Waals surface area contributed by atoms with Gasteiger partial charge in [0.05, 0.1) is 5.69 Å². The van der Waals surface area contributed by atoms with E-state index in [4.69, 9.17) is 5.11 Å². The molecule has 0 aliphatic carbocycles. The van der Waals surface area contributed by atoms with Gasteiger partial charge < -0.3 is 5.11 Å². The topological polar surface area (TPSA) is 55.1 Å². The fraction of sp³-hybridized carbons (Fsp3) is 0.231. The van der Waals surface area contributed by atoms with Crippen LogP contribution >= 0.6 is 0 Å². The standard InChI is InChI=1S/C13H14N2O2/c16-13(17)7-4-9-15-10-8-12(14-15)11-5-2-1-3-6-11/h1-3,5-6,8,10H,4,7,9H2,(H,16,17). The highest BCUT2D eigenvalue weighted by atomic mass is 16.4. The molecule has 0 aliphatic heterocycles. The lowest BCUT2D eigenvalue weighted by atomic mass is 10.2. The number of carboxylic acid groups (broad SMARTS) is 1. The van der Waals surface area contributed by atoms with Gasteiger partial charge in [-0.1, -0.05) is 30.3 Å². The summed E-state index contributed by atoms with van der Waals surface area (Å²) in [6, 6.07) is 11.9. The summed E-state index contributed by atoms with van der Waals surface area (Å²) < 4.78 is 1.78. The van der Waals surface area contributed by atoms with Gasteiger partial charge in [0.15, 0.2) is 0 Å². The van der Waals surface area contributed by atoms with Crippen LogP contribution < -0.4 is 0 Å². The van der Waals surface area contributed by atoms with Crippen molar-refractivity contribution in [1.29, 1.82) is 0 Å². The molecule has 0 aliphatic rings. The van der Waals surface area contributed by atoms with Gasteiger partial charge in [-0.3, -0.25) is 9.48 Å². The molecule has 0 saturated carbocycles. The van der Waals surface area contributed by atoms with Crippen molar-refractivity contribution >= 4 is 5.97 Å². The van der Waals surface area contributed by atoms with Crippen LogP contribution in [0, 0.1) is 0 Å². The lowest BCUT2D eigenvalue weighted by Gasteiger charge is -1.99. The summed E-state index contributed by atoms with van der Waals surface area (Å²) in [5, 5.41) is 12.9. The Kier molecular flexibility index (Phi) is 3.55. The molecule has 1 aromatic heterocycles. The Balaban J connectivity index is 1.99. The highest BCUT2D eigenvalue weighted by Gasteiger charge is 2.02. The number of nitrogens with zero attached hydrogens (tertiary/aromatic N) is 2. The van der Waals surface area contributed by atoms with Crippen molar-refractivity contribution in [2.45, 2.75) is 19.4 Å². The Morgan fingerprint density at radius 1 is 1.24 bits per heavy atom. The van der Waals surface area contributed by atoms with Crippen LogP contribution in [-0.4, -0.2) is 20.9 Å². The van der Waals surface area contributed by atoms with Gasteiger partial charge in [-0.15, -0.1) is 0 Å². The maximum absolute atomic E-state index is 10.4. The normalized spacial score (nSPS) is 10.4. The van der Waals surface area contributed by atoms with Crippen LogP contribution in [0.3, 0.4) is 0 Å². The third kappa shape index (κ3) is 3.17. The molecule has 1 heterocycles. The molecule has 4 nitrogen and oxygen atoms in total. The Morgan fingerprint density at radius 3 is 2.71 bits per heavy atom. The number of benzene rings is 1. The van der Waals surface area contributed by atoms with Crippen molar-refractivity contribution in [3.05, 3.63) is 42.6 Å². The third-order valence-electron chi connectivity index (χ3n) is 2.49. The molecule has 0 bridgehead atoms. The monoisotopic (exact) mass is 230 g/mol. The molecule has 17 heavy (non-hydrogen) atoms. The molecular formula is C13H14N2O2. The Morgan fingerprint density at radius 2 is 2.00 bits per heavy atom. The fourth-order valence-electron chi connectivity index (χ4n) is 1.64. The maximum atomic E-state index is 10.4. The van der Waals surface area contributed by atoms with Gasteiger partial charge in [0.2, 0.25) is 0 Å². The molecule has 88 valence electrons. The van der Waals surface area contributed by atoms with E-state index >= 15 is 0 Å². The molecule has 0 saturated heterocycles. The van der Waals surface area contributed by atoms with Crippen LogP contribution in [0.25, 0.3) is 11.3 Å². The Labute approximate surface area is 99.5 Å². The summed E-state index contributed by atoms with van der Waals surface area (Å²) in [5.74, 6) is -0.763. The number of aryl methyl sites for hydroxylation is 1. The van der Waals surface area contributed by atoms with Crippen LogP contribution in [-0.2, 0) is 11.3 Å². The molecule has 0 radical (unpaired) electrons. The summed E-state index contributed by atoms with van der Waals surface area (Å²) >= 11 is 0. The first-order chi connectivity index (χ1) is 8.25. The summed E-state index contributed by atoms with van der Waals surface area (Å²) in [6.07, 6.45) is 2.66. The summed E-state index contributed by atoms with van der Waals surface area (Å²) in [7, 11) is 0. The van der Waals surface area contributed by atoms with Crippen LogP contribution in [0.2, 0.25) is 0 Å². The van der Waals surface area contributed by atoms with Gasteiger partial charge in [-0.25, -0.2) is 0 Å². The molecule has 0 fully saturated rings. The zero-order chi connectivity index (χ0) is 12.1. The van der Waals surface area contributed by atoms with Gasteiger partial charge >= 0.3 is 5.97 Å². The molecule has 1 N–H and O–H groups in total. The Hall–Kier alpha value is -2.10. The van der Waals surface area contributed by atoms with Gasteiger partial charge in [-0.05, 0) is 12.5 Å². The van der Waals surface area contributed by atoms with Crippen LogP contribution in [0.5, 0.6) is 0 Å². The smallest absolute Gasteiger partial charge is 0.303 e. The largest absolute Gasteiger partial charge is 0.481 e. The second-order valence-electron chi connectivity index (χ2n) is 3.83. The van der Waals surface area contributed by atoms with E-state index in [1.54, 1.807) is 4.68 Å². The molecular weight excluding hydrogens is 216 g/mol. The number of aliphatic carboxylic acids is 1. The number of carbonyl (C=O) groups is 1. The summed E-state index contributed by atoms with van der Waals surface area (Å²) in [6.45, 7) is 0.638. The predicted octanol–water partition coefficient (Wildman–Crippen LogP) is 2.41. The lowest BCUT2D eigenvalue weighted by Crippen LogP contribution is -2.02. The average molecular weight is 230 g/mol. The van der Waals surface area contributed by atoms with E-state index in [0.717, 1.165) is 11.3 Å². The molecule has 2 rings (SSSR count). The molecule has 0 unspecified atom stereocenters. The first-order valence-corrected chi connectivity index (χ1v) is 5.56. The quantitative estimate of drug-likeness (QED) is 0.858. The van der Waals surface area contributed by atoms with Crippen LogP contribution in [0.15, 0.2) is 42.6 Å². The number of hydrogen-bond acceptors (Lipinski definition) is 2. The first-order valence-electron chi connectivity index (χ1n) is 5.56. The SMILES string of the molecule is O=C(O)CCCn1ccc(-c2ccccc2)n1. The second-order valence-corrected chi connectivity index (χ2v) is 3.83. The highest BCUT2D eigenvalue weighted by molar-refractivity contribution is 5.66. The molecule has 1 aromatic carbocycles. The van der Waals surface area contributed by atoms with Crippen molar-refractivity contribution in [3.8, 4) is 11.3 Å². The molecule has 0 spiro atoms. The van der Waals surface area contributed by atoms with Gasteiger partial charge in [-0.2, -0.15) is 5.10 Å². The number of carboxylic acids is 1. The second kappa shape index (κ2) is 5.30. The fourth-order valence-corrected chi connectivity index (χ4v) is 1.64. The molecule has 2 aromatic rings. The number of aromatic nitrogens is 2. The van der Waals surface area contributed by atoms with E-state index in [9.17, 15) is 4.79 Å². The van der Waals surface area contributed by atoms with E-state index in [1.165, 1.54) is 0 Å². The highest BCUT2D eigenvalue weighted by Crippen LogP contribution is 2.15. The van der Waals surface area contributed by atoms with Crippen molar-refractivity contribution in [2.24, 2.45) is 0 Å². The molecule has 0 atom stereocenters. The number of hydrogen-bond donors (Lipinski definition) is 1. The zero-order valence-corrected chi connectivity index (χ0v) is 9.41. The molecule has 4 heteroatoms. The van der Waals surface area contributed by atoms with Crippen molar-refractivity contribution < 1.29 is 9.90 Å². The summed E-state index contributed by atoms with van der Waals surface area (Å²) in [4.78, 5) is 10.4. The van der Waals surface area contributed by atoms with E-state index in [1.807, 2.05) is 42.6 Å². The third-order valence-corrected chi connectivity index (χ3v) is 2.49. The van der Waals surface area contributed by atoms with E-state index < -0.39 is 5.97 Å². The minimum absolute atomic E-state index is 0.181. The van der Waals surface area contributed by atoms with E-state index in [2.05, 4.69) is 5.10 Å². The minimum Gasteiger partial charge on any atom is -0.481 e. The summed E-state index contributed by atoms with van der Waals surface area (Å²) in [5.41, 5.74) is 1.99. The van der Waals surface area contributed by atoms with Gasteiger partial charge in [0.1, 0.15) is 0 Å². The average Bonchev–Trinajstić information content (AvgIpc) is 2.78.